The number of anilines is 2. The van der Waals surface area contributed by atoms with E-state index in [1.165, 1.54) is 33.6 Å². The van der Waals surface area contributed by atoms with Gasteiger partial charge in [0.15, 0.2) is 10.8 Å². The summed E-state index contributed by atoms with van der Waals surface area (Å²) in [5.74, 6) is 0.0604. The van der Waals surface area contributed by atoms with E-state index >= 15 is 0 Å². The maximum atomic E-state index is 12.2. The van der Waals surface area contributed by atoms with Crippen LogP contribution in [-0.4, -0.2) is 73.7 Å². The third-order valence-corrected chi connectivity index (χ3v) is 7.72. The lowest BCUT2D eigenvalue weighted by Crippen LogP contribution is -2.45. The molecule has 0 spiro atoms. The number of ether oxygens (including phenoxy) is 1. The molecule has 198 valence electrons. The van der Waals surface area contributed by atoms with Gasteiger partial charge in [0.25, 0.3) is 0 Å². The molecule has 0 saturated carbocycles. The molecule has 1 aromatic heterocycles. The lowest BCUT2D eigenvalue weighted by atomic mass is 10.00. The van der Waals surface area contributed by atoms with Crippen molar-refractivity contribution in [2.75, 3.05) is 57.8 Å². The first-order chi connectivity index (χ1) is 17.8. The zero-order chi connectivity index (χ0) is 26.4. The van der Waals surface area contributed by atoms with Gasteiger partial charge in [0, 0.05) is 50.3 Å². The molecule has 6 nitrogen and oxygen atoms in total. The number of likely N-dealkylation sites (N-methyl/N-ethyl adjacent to an activating group) is 1. The van der Waals surface area contributed by atoms with Gasteiger partial charge in [-0.1, -0.05) is 50.2 Å². The van der Waals surface area contributed by atoms with Crippen LogP contribution in [0.4, 0.5) is 10.8 Å². The number of nitrogens with zero attached hydrogens (tertiary/aromatic N) is 4. The molecule has 0 N–H and O–H groups in total. The average molecular weight is 521 g/mol. The number of carbonyl (C=O) groups excluding carboxylic acids is 1. The Morgan fingerprint density at radius 2 is 1.78 bits per heavy atom. The molecule has 37 heavy (non-hydrogen) atoms. The van der Waals surface area contributed by atoms with Gasteiger partial charge in [0.2, 0.25) is 0 Å². The zero-order valence-corrected chi connectivity index (χ0v) is 23.7. The van der Waals surface area contributed by atoms with Crippen molar-refractivity contribution in [1.29, 1.82) is 0 Å². The van der Waals surface area contributed by atoms with Crippen molar-refractivity contribution in [1.82, 2.24) is 14.8 Å². The number of benzene rings is 2. The molecule has 1 aliphatic heterocycles. The molecule has 0 amide bonds. The number of carbonyl (C=O) groups is 1. The number of rotatable bonds is 10. The van der Waals surface area contributed by atoms with Crippen LogP contribution < -0.4 is 4.90 Å². The number of thiazole rings is 1. The predicted octanol–water partition coefficient (Wildman–Crippen LogP) is 5.88. The topological polar surface area (TPSA) is 48.9 Å². The molecule has 0 aliphatic carbocycles. The molecule has 1 aliphatic rings. The summed E-state index contributed by atoms with van der Waals surface area (Å²) in [7, 11) is 2.20. The Balaban J connectivity index is 1.52. The number of piperazine rings is 1. The summed E-state index contributed by atoms with van der Waals surface area (Å²) >= 11 is 1.49. The minimum Gasteiger partial charge on any atom is -0.461 e. The lowest BCUT2D eigenvalue weighted by molar-refractivity contribution is 0.0520. The van der Waals surface area contributed by atoms with Gasteiger partial charge in [-0.3, -0.25) is 0 Å². The summed E-state index contributed by atoms with van der Waals surface area (Å²) in [6, 6.07) is 15.6. The van der Waals surface area contributed by atoms with Crippen molar-refractivity contribution < 1.29 is 9.53 Å². The molecule has 7 heteroatoms. The normalized spacial score (nSPS) is 14.8. The number of hydrogen-bond acceptors (Lipinski definition) is 7. The van der Waals surface area contributed by atoms with Crippen molar-refractivity contribution in [2.24, 2.45) is 5.92 Å². The fraction of sp³-hybridized carbons (Fsp3) is 0.467. The van der Waals surface area contributed by atoms with E-state index in [1.54, 1.807) is 5.38 Å². The van der Waals surface area contributed by atoms with Crippen LogP contribution in [0.2, 0.25) is 0 Å². The fourth-order valence-electron chi connectivity index (χ4n) is 4.63. The van der Waals surface area contributed by atoms with E-state index in [0.717, 1.165) is 56.5 Å². The molecular formula is C30H40N4O2S. The first-order valence-electron chi connectivity index (χ1n) is 13.3. The largest absolute Gasteiger partial charge is 0.461 e. The summed E-state index contributed by atoms with van der Waals surface area (Å²) < 4.78 is 5.16. The number of esters is 1. The van der Waals surface area contributed by atoms with Crippen LogP contribution in [0, 0.1) is 12.8 Å². The van der Waals surface area contributed by atoms with Crippen molar-refractivity contribution >= 4 is 28.1 Å². The minimum absolute atomic E-state index is 0.344. The standard InChI is InChI=1S/C30H40N4O2S/c1-6-36-29(35)27-21-37-30(31-27)34(20-22(2)3)28-19-26(10-7-23(28)4)25-11-8-24(9-12-25)13-14-33-17-15-32(5)16-18-33/h7-12,19,21-22H,6,13-18,20H2,1-5H3. The molecule has 1 saturated heterocycles. The van der Waals surface area contributed by atoms with Crippen LogP contribution in [0.3, 0.4) is 0 Å². The van der Waals surface area contributed by atoms with Crippen molar-refractivity contribution in [3.63, 3.8) is 0 Å². The molecule has 3 aromatic rings. The van der Waals surface area contributed by atoms with E-state index in [1.807, 2.05) is 6.92 Å². The Bertz CT molecular complexity index is 1170. The van der Waals surface area contributed by atoms with Crippen molar-refractivity contribution in [2.45, 2.75) is 34.1 Å². The van der Waals surface area contributed by atoms with Crippen molar-refractivity contribution in [3.8, 4) is 11.1 Å². The summed E-state index contributed by atoms with van der Waals surface area (Å²) in [5, 5.41) is 2.61. The Kier molecular flexibility index (Phi) is 9.35. The van der Waals surface area contributed by atoms with Crippen molar-refractivity contribution in [3.05, 3.63) is 64.7 Å². The van der Waals surface area contributed by atoms with Gasteiger partial charge in [-0.05, 0) is 61.6 Å². The van der Waals surface area contributed by atoms with E-state index in [2.05, 4.69) is 90.0 Å². The van der Waals surface area contributed by atoms with E-state index in [9.17, 15) is 4.79 Å². The van der Waals surface area contributed by atoms with Crippen LogP contribution in [0.1, 0.15) is 42.4 Å². The second-order valence-corrected chi connectivity index (χ2v) is 11.2. The Morgan fingerprint density at radius 1 is 1.08 bits per heavy atom. The quantitative estimate of drug-likeness (QED) is 0.311. The van der Waals surface area contributed by atoms with Gasteiger partial charge < -0.3 is 19.4 Å². The van der Waals surface area contributed by atoms with Crippen LogP contribution in [0.25, 0.3) is 11.1 Å². The molecule has 2 aromatic carbocycles. The van der Waals surface area contributed by atoms with Crippen LogP contribution in [0.5, 0.6) is 0 Å². The SMILES string of the molecule is CCOC(=O)c1csc(N(CC(C)C)c2cc(-c3ccc(CCN4CCN(C)CC4)cc3)ccc2C)n1. The Hall–Kier alpha value is -2.74. The molecule has 0 bridgehead atoms. The maximum Gasteiger partial charge on any atom is 0.357 e. The number of hydrogen-bond donors (Lipinski definition) is 0. The Labute approximate surface area is 225 Å². The van der Waals surface area contributed by atoms with Gasteiger partial charge >= 0.3 is 5.97 Å². The zero-order valence-electron chi connectivity index (χ0n) is 22.9. The molecule has 2 heterocycles. The monoisotopic (exact) mass is 520 g/mol. The van der Waals surface area contributed by atoms with E-state index < -0.39 is 0 Å². The average Bonchev–Trinajstić information content (AvgIpc) is 3.38. The first kappa shape index (κ1) is 27.3. The van der Waals surface area contributed by atoms with Crippen LogP contribution >= 0.6 is 11.3 Å². The summed E-state index contributed by atoms with van der Waals surface area (Å²) in [6.07, 6.45) is 1.08. The Morgan fingerprint density at radius 3 is 2.46 bits per heavy atom. The molecule has 0 unspecified atom stereocenters. The van der Waals surface area contributed by atoms with Gasteiger partial charge in [-0.2, -0.15) is 0 Å². The molecule has 1 fully saturated rings. The molecule has 4 rings (SSSR count). The van der Waals surface area contributed by atoms with Crippen LogP contribution in [-0.2, 0) is 11.2 Å². The van der Waals surface area contributed by atoms with Gasteiger partial charge in [0.1, 0.15) is 0 Å². The van der Waals surface area contributed by atoms with E-state index in [0.29, 0.717) is 18.2 Å². The molecule has 0 atom stereocenters. The summed E-state index contributed by atoms with van der Waals surface area (Å²) in [4.78, 5) is 24.1. The highest BCUT2D eigenvalue weighted by atomic mass is 32.1. The highest BCUT2D eigenvalue weighted by Gasteiger charge is 2.20. The van der Waals surface area contributed by atoms with E-state index in [4.69, 9.17) is 4.74 Å². The fourth-order valence-corrected chi connectivity index (χ4v) is 5.45. The second-order valence-electron chi connectivity index (χ2n) is 10.3. The lowest BCUT2D eigenvalue weighted by Gasteiger charge is -2.32. The third kappa shape index (κ3) is 7.18. The smallest absolute Gasteiger partial charge is 0.357 e. The summed E-state index contributed by atoms with van der Waals surface area (Å²) in [5.41, 5.74) is 6.45. The summed E-state index contributed by atoms with van der Waals surface area (Å²) in [6.45, 7) is 15.3. The predicted molar refractivity (Wildman–Crippen MR) is 154 cm³/mol. The van der Waals surface area contributed by atoms with E-state index in [-0.39, 0.29) is 5.97 Å². The number of aromatic nitrogens is 1. The first-order valence-corrected chi connectivity index (χ1v) is 14.2. The molecular weight excluding hydrogens is 480 g/mol. The third-order valence-electron chi connectivity index (χ3n) is 6.86. The highest BCUT2D eigenvalue weighted by Crippen LogP contribution is 2.35. The van der Waals surface area contributed by atoms with Gasteiger partial charge in [0.05, 0.1) is 6.61 Å². The van der Waals surface area contributed by atoms with Crippen LogP contribution in [0.15, 0.2) is 47.8 Å². The second kappa shape index (κ2) is 12.7. The highest BCUT2D eigenvalue weighted by molar-refractivity contribution is 7.14. The minimum atomic E-state index is -0.368. The number of aryl methyl sites for hydroxylation is 1. The molecule has 0 radical (unpaired) electrons. The van der Waals surface area contributed by atoms with Gasteiger partial charge in [-0.25, -0.2) is 9.78 Å². The van der Waals surface area contributed by atoms with Gasteiger partial charge in [-0.15, -0.1) is 11.3 Å². The maximum absolute atomic E-state index is 12.2.